The number of halogens is 1. The average molecular weight is 340 g/mol. The second-order valence-corrected chi connectivity index (χ2v) is 5.34. The molecular weight excluding hydrogens is 322 g/mol. The van der Waals surface area contributed by atoms with Gasteiger partial charge in [-0.25, -0.2) is 4.98 Å². The van der Waals surface area contributed by atoms with E-state index >= 15 is 0 Å². The lowest BCUT2D eigenvalue weighted by molar-refractivity contribution is 0.715. The average Bonchev–Trinajstić information content (AvgIpc) is 2.86. The first-order valence-corrected chi connectivity index (χ1v) is 7.28. The minimum absolute atomic E-state index is 0.00674. The van der Waals surface area contributed by atoms with Crippen molar-refractivity contribution >= 4 is 27.7 Å². The summed E-state index contributed by atoms with van der Waals surface area (Å²) in [5, 5.41) is 14.4. The van der Waals surface area contributed by atoms with Crippen molar-refractivity contribution in [1.82, 2.24) is 24.7 Å². The van der Waals surface area contributed by atoms with Gasteiger partial charge in [-0.15, -0.1) is 10.2 Å². The van der Waals surface area contributed by atoms with Crippen LogP contribution < -0.4 is 10.6 Å². The molecular formula is C12H18BrN7. The molecule has 20 heavy (non-hydrogen) atoms. The van der Waals surface area contributed by atoms with Crippen LogP contribution in [0.3, 0.4) is 0 Å². The second kappa shape index (κ2) is 6.65. The zero-order chi connectivity index (χ0) is 14.5. The molecule has 0 saturated carbocycles. The van der Waals surface area contributed by atoms with Crippen LogP contribution in [0.4, 0.5) is 11.8 Å². The number of hydrogen-bond acceptors (Lipinski definition) is 6. The Labute approximate surface area is 126 Å². The largest absolute Gasteiger partial charge is 0.359 e. The summed E-state index contributed by atoms with van der Waals surface area (Å²) in [4.78, 5) is 8.67. The van der Waals surface area contributed by atoms with Crippen LogP contribution in [0, 0.1) is 0 Å². The van der Waals surface area contributed by atoms with Crippen LogP contribution >= 0.6 is 15.9 Å². The van der Waals surface area contributed by atoms with E-state index in [-0.39, 0.29) is 6.04 Å². The third-order valence-corrected chi connectivity index (χ3v) is 3.34. The highest BCUT2D eigenvalue weighted by molar-refractivity contribution is 9.10. The molecule has 2 heterocycles. The van der Waals surface area contributed by atoms with Gasteiger partial charge in [0.1, 0.15) is 12.1 Å². The third kappa shape index (κ3) is 3.44. The predicted molar refractivity (Wildman–Crippen MR) is 81.6 cm³/mol. The first-order chi connectivity index (χ1) is 9.61. The van der Waals surface area contributed by atoms with Gasteiger partial charge < -0.3 is 15.2 Å². The van der Waals surface area contributed by atoms with Crippen molar-refractivity contribution in [2.24, 2.45) is 7.05 Å². The summed E-state index contributed by atoms with van der Waals surface area (Å²) >= 11 is 3.45. The molecule has 0 aliphatic rings. The van der Waals surface area contributed by atoms with Crippen molar-refractivity contribution in [3.05, 3.63) is 22.8 Å². The smallest absolute Gasteiger partial charge is 0.224 e. The van der Waals surface area contributed by atoms with E-state index in [1.54, 1.807) is 12.5 Å². The van der Waals surface area contributed by atoms with Crippen LogP contribution in [-0.2, 0) is 7.05 Å². The lowest BCUT2D eigenvalue weighted by Crippen LogP contribution is -2.14. The van der Waals surface area contributed by atoms with E-state index in [1.165, 1.54) is 0 Å². The van der Waals surface area contributed by atoms with E-state index < -0.39 is 0 Å². The molecule has 0 amide bonds. The van der Waals surface area contributed by atoms with Gasteiger partial charge in [0.25, 0.3) is 0 Å². The zero-order valence-electron chi connectivity index (χ0n) is 11.8. The Morgan fingerprint density at radius 1 is 1.45 bits per heavy atom. The molecule has 2 rings (SSSR count). The number of rotatable bonds is 6. The number of nitrogens with zero attached hydrogens (tertiary/aromatic N) is 5. The van der Waals surface area contributed by atoms with Crippen molar-refractivity contribution in [3.63, 3.8) is 0 Å². The first kappa shape index (κ1) is 14.7. The van der Waals surface area contributed by atoms with E-state index in [4.69, 9.17) is 0 Å². The highest BCUT2D eigenvalue weighted by Crippen LogP contribution is 2.24. The van der Waals surface area contributed by atoms with Crippen molar-refractivity contribution in [2.75, 3.05) is 17.2 Å². The molecule has 0 aromatic carbocycles. The normalized spacial score (nSPS) is 12.2. The van der Waals surface area contributed by atoms with E-state index in [9.17, 15) is 0 Å². The van der Waals surface area contributed by atoms with Crippen molar-refractivity contribution in [1.29, 1.82) is 0 Å². The Bertz CT molecular complexity index is 569. The van der Waals surface area contributed by atoms with Gasteiger partial charge in [-0.2, -0.15) is 4.98 Å². The molecule has 2 aromatic rings. The topological polar surface area (TPSA) is 80.5 Å². The maximum atomic E-state index is 4.45. The standard InChI is InChI=1S/C12H18BrN7/c1-4-5-14-12-15-6-9(13)10(18-12)17-8(2)11-19-16-7-20(11)3/h6-8H,4-5H2,1-3H3,(H2,14,15,17,18). The summed E-state index contributed by atoms with van der Waals surface area (Å²) in [5.74, 6) is 2.19. The number of aromatic nitrogens is 5. The molecule has 0 bridgehead atoms. The lowest BCUT2D eigenvalue weighted by atomic mass is 10.3. The maximum Gasteiger partial charge on any atom is 0.224 e. The number of aryl methyl sites for hydroxylation is 1. The molecule has 0 fully saturated rings. The van der Waals surface area contributed by atoms with Crippen molar-refractivity contribution in [2.45, 2.75) is 26.3 Å². The molecule has 1 atom stereocenters. The van der Waals surface area contributed by atoms with Gasteiger partial charge in [-0.1, -0.05) is 6.92 Å². The van der Waals surface area contributed by atoms with Crippen LogP contribution in [0.15, 0.2) is 17.0 Å². The van der Waals surface area contributed by atoms with Crippen LogP contribution in [0.25, 0.3) is 0 Å². The molecule has 1 unspecified atom stereocenters. The fraction of sp³-hybridized carbons (Fsp3) is 0.500. The molecule has 0 aliphatic carbocycles. The number of anilines is 2. The van der Waals surface area contributed by atoms with Gasteiger partial charge in [0.15, 0.2) is 5.82 Å². The Hall–Kier alpha value is -1.70. The van der Waals surface area contributed by atoms with Crippen LogP contribution in [0.2, 0.25) is 0 Å². The number of hydrogen-bond donors (Lipinski definition) is 2. The summed E-state index contributed by atoms with van der Waals surface area (Å²) < 4.78 is 2.69. The van der Waals surface area contributed by atoms with Gasteiger partial charge in [0.05, 0.1) is 10.5 Å². The summed E-state index contributed by atoms with van der Waals surface area (Å²) in [7, 11) is 1.91. The van der Waals surface area contributed by atoms with E-state index in [0.29, 0.717) is 5.95 Å². The third-order valence-electron chi connectivity index (χ3n) is 2.76. The van der Waals surface area contributed by atoms with Gasteiger partial charge in [-0.05, 0) is 29.3 Å². The van der Waals surface area contributed by atoms with Gasteiger partial charge in [0, 0.05) is 19.8 Å². The Morgan fingerprint density at radius 2 is 2.25 bits per heavy atom. The van der Waals surface area contributed by atoms with E-state index in [0.717, 1.165) is 29.1 Å². The second-order valence-electron chi connectivity index (χ2n) is 4.48. The van der Waals surface area contributed by atoms with Crippen molar-refractivity contribution in [3.8, 4) is 0 Å². The van der Waals surface area contributed by atoms with Gasteiger partial charge in [-0.3, -0.25) is 0 Å². The monoisotopic (exact) mass is 339 g/mol. The van der Waals surface area contributed by atoms with E-state index in [2.05, 4.69) is 53.7 Å². The molecule has 0 spiro atoms. The minimum Gasteiger partial charge on any atom is -0.359 e. The molecule has 2 aromatic heterocycles. The van der Waals surface area contributed by atoms with Crippen LogP contribution in [0.5, 0.6) is 0 Å². The van der Waals surface area contributed by atoms with E-state index in [1.807, 2.05) is 18.5 Å². The van der Waals surface area contributed by atoms with Gasteiger partial charge >= 0.3 is 0 Å². The molecule has 0 aliphatic heterocycles. The predicted octanol–water partition coefficient (Wildman–Crippen LogP) is 2.36. The zero-order valence-corrected chi connectivity index (χ0v) is 13.3. The molecule has 7 nitrogen and oxygen atoms in total. The lowest BCUT2D eigenvalue weighted by Gasteiger charge is -2.15. The Kier molecular flexibility index (Phi) is 4.89. The fourth-order valence-corrected chi connectivity index (χ4v) is 2.05. The molecule has 0 saturated heterocycles. The Balaban J connectivity index is 2.13. The molecule has 8 heteroatoms. The van der Waals surface area contributed by atoms with Crippen LogP contribution in [-0.4, -0.2) is 31.3 Å². The summed E-state index contributed by atoms with van der Waals surface area (Å²) in [5.41, 5.74) is 0. The van der Waals surface area contributed by atoms with Crippen LogP contribution in [0.1, 0.15) is 32.1 Å². The molecule has 108 valence electrons. The molecule has 0 radical (unpaired) electrons. The quantitative estimate of drug-likeness (QED) is 0.840. The highest BCUT2D eigenvalue weighted by Gasteiger charge is 2.14. The minimum atomic E-state index is -0.00674. The highest BCUT2D eigenvalue weighted by atomic mass is 79.9. The summed E-state index contributed by atoms with van der Waals surface area (Å²) in [6.45, 7) is 4.96. The summed E-state index contributed by atoms with van der Waals surface area (Å²) in [6.07, 6.45) is 4.44. The first-order valence-electron chi connectivity index (χ1n) is 6.48. The number of nitrogens with one attached hydrogen (secondary N) is 2. The maximum absolute atomic E-state index is 4.45. The Morgan fingerprint density at radius 3 is 2.90 bits per heavy atom. The van der Waals surface area contributed by atoms with Gasteiger partial charge in [0.2, 0.25) is 5.95 Å². The van der Waals surface area contributed by atoms with Crippen molar-refractivity contribution < 1.29 is 0 Å². The summed E-state index contributed by atoms with van der Waals surface area (Å²) in [6, 6.07) is -0.00674. The SMILES string of the molecule is CCCNc1ncc(Br)c(NC(C)c2nncn2C)n1. The molecule has 2 N–H and O–H groups in total. The fourth-order valence-electron chi connectivity index (χ4n) is 1.74.